The molecule has 2 nitrogen and oxygen atoms in total. The molecular weight excluding hydrogens is 138 g/mol. The Balaban J connectivity index is 4.09. The number of hydroxylamine groups is 3. The Labute approximate surface area is 68.3 Å². The van der Waals surface area contributed by atoms with E-state index in [1.165, 1.54) is 0 Å². The van der Waals surface area contributed by atoms with Gasteiger partial charge in [0, 0.05) is 0 Å². The van der Waals surface area contributed by atoms with E-state index in [0.717, 1.165) is 0 Å². The van der Waals surface area contributed by atoms with Crippen LogP contribution in [0.15, 0.2) is 38.0 Å². The van der Waals surface area contributed by atoms with E-state index >= 15 is 0 Å². The van der Waals surface area contributed by atoms with Crippen molar-refractivity contribution in [1.82, 2.24) is 0 Å². The highest BCUT2D eigenvalue weighted by Crippen LogP contribution is 2.03. The fourth-order valence-corrected chi connectivity index (χ4v) is 0.929. The quantitative estimate of drug-likeness (QED) is 0.324. The second-order valence-electron chi connectivity index (χ2n) is 2.47. The molecule has 0 aliphatic carbocycles. The second-order valence-corrected chi connectivity index (χ2v) is 2.47. The van der Waals surface area contributed by atoms with Gasteiger partial charge in [-0.15, -0.1) is 0 Å². The third-order valence-electron chi connectivity index (χ3n) is 1.39. The molecule has 0 heterocycles. The van der Waals surface area contributed by atoms with Gasteiger partial charge < -0.3 is 9.85 Å². The minimum Gasteiger partial charge on any atom is -0.632 e. The van der Waals surface area contributed by atoms with Gasteiger partial charge >= 0.3 is 0 Å². The zero-order chi connectivity index (χ0) is 8.74. The second kappa shape index (κ2) is 4.88. The maximum Gasteiger partial charge on any atom is 0.0973 e. The smallest absolute Gasteiger partial charge is 0.0973 e. The van der Waals surface area contributed by atoms with Crippen molar-refractivity contribution in [2.24, 2.45) is 0 Å². The van der Waals surface area contributed by atoms with Crippen LogP contribution in [0, 0.1) is 5.21 Å². The van der Waals surface area contributed by atoms with Gasteiger partial charge in [0.25, 0.3) is 0 Å². The molecule has 0 fully saturated rings. The minimum atomic E-state index is -0.323. The summed E-state index contributed by atoms with van der Waals surface area (Å²) in [5.74, 6) is 0. The van der Waals surface area contributed by atoms with E-state index in [0.29, 0.717) is 19.6 Å². The predicted molar refractivity (Wildman–Crippen MR) is 48.8 cm³/mol. The first kappa shape index (κ1) is 10.1. The first-order chi connectivity index (χ1) is 5.18. The fourth-order valence-electron chi connectivity index (χ4n) is 0.929. The van der Waals surface area contributed by atoms with Crippen molar-refractivity contribution >= 4 is 0 Å². The molecule has 0 aliphatic heterocycles. The highest BCUT2D eigenvalue weighted by Gasteiger charge is 2.09. The van der Waals surface area contributed by atoms with Crippen LogP contribution in [-0.4, -0.2) is 24.3 Å². The molecule has 0 bridgehead atoms. The molecule has 0 amide bonds. The zero-order valence-corrected chi connectivity index (χ0v) is 6.83. The van der Waals surface area contributed by atoms with Crippen LogP contribution in [0.25, 0.3) is 0 Å². The highest BCUT2D eigenvalue weighted by atomic mass is 16.5. The molecule has 0 unspecified atom stereocenters. The molecule has 0 saturated heterocycles. The predicted octanol–water partition coefficient (Wildman–Crippen LogP) is 1.86. The minimum absolute atomic E-state index is 0.323. The van der Waals surface area contributed by atoms with E-state index < -0.39 is 0 Å². The summed E-state index contributed by atoms with van der Waals surface area (Å²) >= 11 is 0. The molecule has 0 aromatic heterocycles. The molecule has 0 rings (SSSR count). The highest BCUT2D eigenvalue weighted by molar-refractivity contribution is 4.76. The summed E-state index contributed by atoms with van der Waals surface area (Å²) in [6, 6.07) is 0. The van der Waals surface area contributed by atoms with E-state index in [9.17, 15) is 5.21 Å². The van der Waals surface area contributed by atoms with Crippen LogP contribution < -0.4 is 0 Å². The summed E-state index contributed by atoms with van der Waals surface area (Å²) in [4.78, 5) is 0. The maximum atomic E-state index is 11.6. The van der Waals surface area contributed by atoms with Gasteiger partial charge in [0.05, 0.1) is 19.6 Å². The summed E-state index contributed by atoms with van der Waals surface area (Å²) in [6.07, 6.45) is 4.88. The number of hydrogen-bond acceptors (Lipinski definition) is 1. The van der Waals surface area contributed by atoms with Crippen LogP contribution in [0.4, 0.5) is 0 Å². The van der Waals surface area contributed by atoms with Crippen molar-refractivity contribution < 1.29 is 4.65 Å². The van der Waals surface area contributed by atoms with Gasteiger partial charge in [-0.3, -0.25) is 0 Å². The molecule has 0 radical (unpaired) electrons. The lowest BCUT2D eigenvalue weighted by Gasteiger charge is -2.40. The van der Waals surface area contributed by atoms with Gasteiger partial charge in [-0.1, -0.05) is 19.7 Å². The average molecular weight is 153 g/mol. The van der Waals surface area contributed by atoms with Crippen LogP contribution in [-0.2, 0) is 0 Å². The topological polar surface area (TPSA) is 23.1 Å². The Morgan fingerprint density at radius 2 is 1.18 bits per heavy atom. The number of nitrogens with zero attached hydrogens (tertiary/aromatic N) is 1. The Hall–Kier alpha value is -0.860. The summed E-state index contributed by atoms with van der Waals surface area (Å²) in [5.41, 5.74) is 0. The lowest BCUT2D eigenvalue weighted by Crippen LogP contribution is -2.42. The molecule has 62 valence electrons. The first-order valence-corrected chi connectivity index (χ1v) is 3.58. The summed E-state index contributed by atoms with van der Waals surface area (Å²) < 4.78 is -0.323. The molecule has 0 saturated carbocycles. The van der Waals surface area contributed by atoms with Gasteiger partial charge in [0.2, 0.25) is 0 Å². The molecule has 0 spiro atoms. The van der Waals surface area contributed by atoms with Crippen LogP contribution in [0.3, 0.4) is 0 Å². The normalized spacial score (nSPS) is 10.6. The third kappa shape index (κ3) is 3.75. The summed E-state index contributed by atoms with van der Waals surface area (Å²) in [7, 11) is 0. The van der Waals surface area contributed by atoms with Crippen LogP contribution in [0.1, 0.15) is 0 Å². The standard InChI is InChI=1S/C9H15NO/c1-4-7-10(11,8-5-2)9-6-3/h4-6H,1-3,7-9H2. The van der Waals surface area contributed by atoms with Gasteiger partial charge in [0.1, 0.15) is 0 Å². The monoisotopic (exact) mass is 153 g/mol. The van der Waals surface area contributed by atoms with Crippen molar-refractivity contribution in [3.8, 4) is 0 Å². The number of rotatable bonds is 6. The third-order valence-corrected chi connectivity index (χ3v) is 1.39. The number of hydrogen-bond donors (Lipinski definition) is 0. The molecular formula is C9H15NO. The van der Waals surface area contributed by atoms with Crippen molar-refractivity contribution in [1.29, 1.82) is 0 Å². The number of quaternary nitrogens is 1. The Morgan fingerprint density at radius 3 is 1.36 bits per heavy atom. The fraction of sp³-hybridized carbons (Fsp3) is 0.333. The molecule has 11 heavy (non-hydrogen) atoms. The van der Waals surface area contributed by atoms with Crippen molar-refractivity contribution in [3.63, 3.8) is 0 Å². The van der Waals surface area contributed by atoms with Crippen LogP contribution in [0.2, 0.25) is 0 Å². The van der Waals surface area contributed by atoms with E-state index in [1.54, 1.807) is 18.2 Å². The molecule has 0 aliphatic rings. The largest absolute Gasteiger partial charge is 0.632 e. The van der Waals surface area contributed by atoms with Gasteiger partial charge in [0.15, 0.2) is 0 Å². The van der Waals surface area contributed by atoms with E-state index in [2.05, 4.69) is 19.7 Å². The van der Waals surface area contributed by atoms with Gasteiger partial charge in [-0.2, -0.15) is 0 Å². The molecule has 0 N–H and O–H groups in total. The SMILES string of the molecule is C=CC[N+]([O-])(CC=C)CC=C. The molecule has 0 atom stereocenters. The Morgan fingerprint density at radius 1 is 0.909 bits per heavy atom. The molecule has 0 aromatic rings. The summed E-state index contributed by atoms with van der Waals surface area (Å²) in [5, 5.41) is 11.6. The zero-order valence-electron chi connectivity index (χ0n) is 6.83. The lowest BCUT2D eigenvalue weighted by atomic mass is 10.4. The maximum absolute atomic E-state index is 11.6. The lowest BCUT2D eigenvalue weighted by molar-refractivity contribution is -0.862. The van der Waals surface area contributed by atoms with Gasteiger partial charge in [-0.05, 0) is 18.2 Å². The molecule has 0 aromatic carbocycles. The van der Waals surface area contributed by atoms with Crippen LogP contribution in [0.5, 0.6) is 0 Å². The molecule has 2 heteroatoms. The van der Waals surface area contributed by atoms with E-state index in [-0.39, 0.29) is 4.65 Å². The van der Waals surface area contributed by atoms with Crippen LogP contribution >= 0.6 is 0 Å². The van der Waals surface area contributed by atoms with E-state index in [1.807, 2.05) is 0 Å². The summed E-state index contributed by atoms with van der Waals surface area (Å²) in [6.45, 7) is 11.8. The van der Waals surface area contributed by atoms with Gasteiger partial charge in [-0.25, -0.2) is 0 Å². The Bertz CT molecular complexity index is 125. The van der Waals surface area contributed by atoms with Crippen molar-refractivity contribution in [2.75, 3.05) is 19.6 Å². The van der Waals surface area contributed by atoms with Crippen molar-refractivity contribution in [3.05, 3.63) is 43.2 Å². The Kier molecular flexibility index (Phi) is 4.50. The average Bonchev–Trinajstić information content (AvgIpc) is 1.88. The first-order valence-electron chi connectivity index (χ1n) is 3.58. The van der Waals surface area contributed by atoms with Crippen molar-refractivity contribution in [2.45, 2.75) is 0 Å². The van der Waals surface area contributed by atoms with E-state index in [4.69, 9.17) is 0 Å².